The zero-order chi connectivity index (χ0) is 18.4. The smallest absolute Gasteiger partial charge is 0.331 e. The highest BCUT2D eigenvalue weighted by Gasteiger charge is 2.31. The Labute approximate surface area is 152 Å². The fourth-order valence-electron chi connectivity index (χ4n) is 1.84. The third-order valence-corrected chi connectivity index (χ3v) is 3.54. The summed E-state index contributed by atoms with van der Waals surface area (Å²) in [5, 5.41) is 4.71. The van der Waals surface area contributed by atoms with Crippen LogP contribution in [0.4, 0.5) is 18.9 Å². The summed E-state index contributed by atoms with van der Waals surface area (Å²) in [5.41, 5.74) is -0.108. The predicted molar refractivity (Wildman–Crippen MR) is 96.3 cm³/mol. The number of anilines is 1. The van der Waals surface area contributed by atoms with Gasteiger partial charge in [0, 0.05) is 6.08 Å². The lowest BCUT2D eigenvalue weighted by Gasteiger charge is -2.13. The molecule has 0 fully saturated rings. The molecule has 0 saturated carbocycles. The number of amides is 1. The highest BCUT2D eigenvalue weighted by molar-refractivity contribution is 7.80. The summed E-state index contributed by atoms with van der Waals surface area (Å²) >= 11 is 10.8. The summed E-state index contributed by atoms with van der Waals surface area (Å²) < 4.78 is 38.2. The quantitative estimate of drug-likeness (QED) is 0.585. The first kappa shape index (κ1) is 19.0. The Bertz CT molecular complexity index is 807. The van der Waals surface area contributed by atoms with Crippen LogP contribution in [0.3, 0.4) is 0 Å². The summed E-state index contributed by atoms with van der Waals surface area (Å²) in [6.07, 6.45) is -1.67. The van der Waals surface area contributed by atoms with Gasteiger partial charge >= 0.3 is 6.18 Å². The van der Waals surface area contributed by atoms with Crippen molar-refractivity contribution in [1.82, 2.24) is 5.32 Å². The topological polar surface area (TPSA) is 41.1 Å². The molecule has 0 radical (unpaired) electrons. The van der Waals surface area contributed by atoms with Crippen molar-refractivity contribution in [3.05, 3.63) is 70.8 Å². The number of carbonyl (C=O) groups excluding carboxylic acids is 1. The number of carbonyl (C=O) groups is 1. The van der Waals surface area contributed by atoms with Crippen molar-refractivity contribution >= 4 is 46.6 Å². The van der Waals surface area contributed by atoms with Crippen molar-refractivity contribution in [2.45, 2.75) is 6.18 Å². The van der Waals surface area contributed by atoms with Gasteiger partial charge in [-0.1, -0.05) is 41.9 Å². The van der Waals surface area contributed by atoms with Gasteiger partial charge in [-0.2, -0.15) is 13.2 Å². The van der Waals surface area contributed by atoms with E-state index in [0.29, 0.717) is 0 Å². The minimum absolute atomic E-state index is 0.0458. The Morgan fingerprint density at radius 1 is 1.12 bits per heavy atom. The lowest BCUT2D eigenvalue weighted by Crippen LogP contribution is -2.33. The number of thiocarbonyl (C=S) groups is 1. The Kier molecular flexibility index (Phi) is 6.17. The summed E-state index contributed by atoms with van der Waals surface area (Å²) in [6, 6.07) is 11.9. The van der Waals surface area contributed by atoms with E-state index < -0.39 is 17.6 Å². The summed E-state index contributed by atoms with van der Waals surface area (Å²) in [4.78, 5) is 11.8. The maximum absolute atomic E-state index is 12.7. The molecule has 0 aliphatic carbocycles. The number of rotatable bonds is 3. The standard InChI is InChI=1S/C17H12ClF3N2OS/c18-13-8-7-12(17(19,20)21)10-14(13)22-16(25)23-15(24)9-6-11-4-2-1-3-5-11/h1-10H,(H2,22,23,24,25)/b9-6-. The van der Waals surface area contributed by atoms with E-state index in [0.717, 1.165) is 23.8 Å². The van der Waals surface area contributed by atoms with Gasteiger partial charge in [0.25, 0.3) is 0 Å². The average Bonchev–Trinajstić information content (AvgIpc) is 2.55. The first-order valence-electron chi connectivity index (χ1n) is 6.97. The lowest BCUT2D eigenvalue weighted by atomic mass is 10.2. The zero-order valence-corrected chi connectivity index (χ0v) is 14.2. The van der Waals surface area contributed by atoms with Gasteiger partial charge in [-0.3, -0.25) is 10.1 Å². The molecule has 1 amide bonds. The predicted octanol–water partition coefficient (Wildman–Crippen LogP) is 4.89. The highest BCUT2D eigenvalue weighted by Crippen LogP contribution is 2.33. The Morgan fingerprint density at radius 3 is 2.44 bits per heavy atom. The molecule has 0 aliphatic rings. The Balaban J connectivity index is 2.00. The number of hydrogen-bond donors (Lipinski definition) is 2. The molecule has 0 bridgehead atoms. The van der Waals surface area contributed by atoms with Crippen molar-refractivity contribution < 1.29 is 18.0 Å². The molecule has 0 heterocycles. The molecule has 0 unspecified atom stereocenters. The van der Waals surface area contributed by atoms with Crippen molar-refractivity contribution in [2.75, 3.05) is 5.32 Å². The summed E-state index contributed by atoms with van der Waals surface area (Å²) in [5.74, 6) is -0.524. The van der Waals surface area contributed by atoms with Crippen LogP contribution in [0, 0.1) is 0 Å². The Morgan fingerprint density at radius 2 is 1.80 bits per heavy atom. The molecule has 0 atom stereocenters. The highest BCUT2D eigenvalue weighted by atomic mass is 35.5. The van der Waals surface area contributed by atoms with Gasteiger partial charge in [-0.15, -0.1) is 0 Å². The first-order chi connectivity index (χ1) is 11.8. The van der Waals surface area contributed by atoms with Crippen LogP contribution in [0.2, 0.25) is 5.02 Å². The van der Waals surface area contributed by atoms with Crippen LogP contribution < -0.4 is 10.6 Å². The molecule has 3 nitrogen and oxygen atoms in total. The van der Waals surface area contributed by atoms with Gasteiger partial charge in [0.1, 0.15) is 0 Å². The van der Waals surface area contributed by atoms with Gasteiger partial charge < -0.3 is 5.32 Å². The lowest BCUT2D eigenvalue weighted by molar-refractivity contribution is -0.137. The fraction of sp³-hybridized carbons (Fsp3) is 0.0588. The molecule has 2 N–H and O–H groups in total. The van der Waals surface area contributed by atoms with E-state index in [9.17, 15) is 18.0 Å². The summed E-state index contributed by atoms with van der Waals surface area (Å²) in [6.45, 7) is 0. The maximum atomic E-state index is 12.7. The normalized spacial score (nSPS) is 11.4. The van der Waals surface area contributed by atoms with E-state index in [2.05, 4.69) is 10.6 Å². The van der Waals surface area contributed by atoms with Gasteiger partial charge in [0.2, 0.25) is 5.91 Å². The molecule has 0 saturated heterocycles. The van der Waals surface area contributed by atoms with Crippen LogP contribution in [0.25, 0.3) is 6.08 Å². The van der Waals surface area contributed by atoms with E-state index in [1.165, 1.54) is 6.08 Å². The van der Waals surface area contributed by atoms with Crippen molar-refractivity contribution in [3.63, 3.8) is 0 Å². The maximum Gasteiger partial charge on any atom is 0.416 e. The second-order valence-electron chi connectivity index (χ2n) is 4.88. The third-order valence-electron chi connectivity index (χ3n) is 3.01. The average molecular weight is 385 g/mol. The minimum atomic E-state index is -4.51. The van der Waals surface area contributed by atoms with Gasteiger partial charge in [0.05, 0.1) is 16.3 Å². The molecule has 2 aromatic carbocycles. The number of alkyl halides is 3. The fourth-order valence-corrected chi connectivity index (χ4v) is 2.22. The number of hydrogen-bond acceptors (Lipinski definition) is 2. The van der Waals surface area contributed by atoms with Crippen molar-refractivity contribution in [3.8, 4) is 0 Å². The number of benzene rings is 2. The van der Waals surface area contributed by atoms with Gasteiger partial charge in [-0.05, 0) is 42.1 Å². The molecule has 130 valence electrons. The first-order valence-corrected chi connectivity index (χ1v) is 7.76. The number of halogens is 4. The van der Waals surface area contributed by atoms with Crippen LogP contribution in [0.1, 0.15) is 11.1 Å². The van der Waals surface area contributed by atoms with E-state index in [1.807, 2.05) is 30.3 Å². The molecule has 0 aliphatic heterocycles. The molecule has 0 spiro atoms. The minimum Gasteiger partial charge on any atom is -0.331 e. The molecule has 25 heavy (non-hydrogen) atoms. The molecule has 8 heteroatoms. The largest absolute Gasteiger partial charge is 0.416 e. The zero-order valence-electron chi connectivity index (χ0n) is 12.6. The van der Waals surface area contributed by atoms with Crippen LogP contribution in [0.15, 0.2) is 54.6 Å². The second-order valence-corrected chi connectivity index (χ2v) is 5.70. The van der Waals surface area contributed by atoms with Crippen LogP contribution >= 0.6 is 23.8 Å². The van der Waals surface area contributed by atoms with Crippen LogP contribution in [-0.4, -0.2) is 11.0 Å². The Hall–Kier alpha value is -2.38. The molecule has 2 aromatic rings. The second kappa shape index (κ2) is 8.13. The molecule has 2 rings (SSSR count). The van der Waals surface area contributed by atoms with Gasteiger partial charge in [0.15, 0.2) is 5.11 Å². The molecular weight excluding hydrogens is 373 g/mol. The van der Waals surface area contributed by atoms with E-state index in [4.69, 9.17) is 23.8 Å². The van der Waals surface area contributed by atoms with E-state index in [-0.39, 0.29) is 15.8 Å². The van der Waals surface area contributed by atoms with E-state index >= 15 is 0 Å². The SMILES string of the molecule is O=C(/C=C\c1ccccc1)NC(=S)Nc1cc(C(F)(F)F)ccc1Cl. The molecular formula is C17H12ClF3N2OS. The molecule has 0 aromatic heterocycles. The third kappa shape index (κ3) is 5.88. The monoisotopic (exact) mass is 384 g/mol. The van der Waals surface area contributed by atoms with Crippen molar-refractivity contribution in [2.24, 2.45) is 0 Å². The van der Waals surface area contributed by atoms with Crippen LogP contribution in [0.5, 0.6) is 0 Å². The summed E-state index contributed by atoms with van der Waals surface area (Å²) in [7, 11) is 0. The number of nitrogens with one attached hydrogen (secondary N) is 2. The van der Waals surface area contributed by atoms with Crippen LogP contribution in [-0.2, 0) is 11.0 Å². The van der Waals surface area contributed by atoms with Crippen molar-refractivity contribution in [1.29, 1.82) is 0 Å². The van der Waals surface area contributed by atoms with E-state index in [1.54, 1.807) is 6.08 Å². The van der Waals surface area contributed by atoms with Gasteiger partial charge in [-0.25, -0.2) is 0 Å².